The van der Waals surface area contributed by atoms with Gasteiger partial charge in [-0.15, -0.1) is 0 Å². The van der Waals surface area contributed by atoms with E-state index in [0.29, 0.717) is 6.07 Å². The van der Waals surface area contributed by atoms with E-state index in [2.05, 4.69) is 10.1 Å². The summed E-state index contributed by atoms with van der Waals surface area (Å²) in [5.41, 5.74) is -1.94. The maximum Gasteiger partial charge on any atom is 0.137 e. The van der Waals surface area contributed by atoms with Crippen molar-refractivity contribution in [2.45, 2.75) is 18.6 Å². The molecule has 1 aromatic carbocycles. The van der Waals surface area contributed by atoms with Gasteiger partial charge >= 0.3 is 0 Å². The highest BCUT2D eigenvalue weighted by molar-refractivity contribution is 5.26. The van der Waals surface area contributed by atoms with Gasteiger partial charge in [0.2, 0.25) is 0 Å². The third-order valence-corrected chi connectivity index (χ3v) is 2.69. The molecule has 0 radical (unpaired) electrons. The van der Waals surface area contributed by atoms with Gasteiger partial charge in [-0.1, -0.05) is 6.07 Å². The average Bonchev–Trinajstić information content (AvgIpc) is 2.81. The fraction of sp³-hybridized carbons (Fsp3) is 0.250. The second-order valence-corrected chi connectivity index (χ2v) is 4.08. The van der Waals surface area contributed by atoms with Gasteiger partial charge in [0.25, 0.3) is 0 Å². The highest BCUT2D eigenvalue weighted by Crippen LogP contribution is 2.29. The Labute approximate surface area is 107 Å². The summed E-state index contributed by atoms with van der Waals surface area (Å²) in [6.45, 7) is -0.150. The highest BCUT2D eigenvalue weighted by atomic mass is 19.1. The monoisotopic (exact) mass is 264 g/mol. The van der Waals surface area contributed by atoms with Crippen LogP contribution in [0, 0.1) is 23.0 Å². The van der Waals surface area contributed by atoms with Crippen molar-refractivity contribution in [3.8, 4) is 6.07 Å². The minimum atomic E-state index is -1.79. The van der Waals surface area contributed by atoms with Crippen LogP contribution in [0.1, 0.15) is 12.0 Å². The molecule has 2 rings (SSSR count). The summed E-state index contributed by atoms with van der Waals surface area (Å²) < 4.78 is 27.9. The number of benzene rings is 1. The zero-order valence-corrected chi connectivity index (χ0v) is 9.79. The normalized spacial score (nSPS) is 13.8. The second-order valence-electron chi connectivity index (χ2n) is 4.08. The Morgan fingerprint density at radius 3 is 2.79 bits per heavy atom. The molecule has 5 nitrogen and oxygen atoms in total. The molecule has 0 fully saturated rings. The maximum absolute atomic E-state index is 13.7. The van der Waals surface area contributed by atoms with Crippen LogP contribution in [0.5, 0.6) is 0 Å². The first-order valence-electron chi connectivity index (χ1n) is 5.42. The number of hydrogen-bond donors (Lipinski definition) is 1. The Bertz CT molecular complexity index is 609. The molecular formula is C12H10F2N4O. The van der Waals surface area contributed by atoms with Gasteiger partial charge in [0, 0.05) is 11.6 Å². The molecule has 1 heterocycles. The van der Waals surface area contributed by atoms with Crippen LogP contribution in [-0.2, 0) is 12.1 Å². The summed E-state index contributed by atoms with van der Waals surface area (Å²) in [7, 11) is 0. The van der Waals surface area contributed by atoms with Crippen LogP contribution in [0.2, 0.25) is 0 Å². The van der Waals surface area contributed by atoms with E-state index in [4.69, 9.17) is 5.26 Å². The van der Waals surface area contributed by atoms with Crippen LogP contribution in [0.25, 0.3) is 0 Å². The minimum Gasteiger partial charge on any atom is -0.382 e. The predicted molar refractivity (Wildman–Crippen MR) is 60.5 cm³/mol. The molecule has 0 saturated carbocycles. The third kappa shape index (κ3) is 2.74. The molecule has 0 bridgehead atoms. The average molecular weight is 264 g/mol. The molecule has 1 atom stereocenters. The van der Waals surface area contributed by atoms with Gasteiger partial charge < -0.3 is 5.11 Å². The van der Waals surface area contributed by atoms with Crippen molar-refractivity contribution in [2.24, 2.45) is 0 Å². The van der Waals surface area contributed by atoms with Crippen LogP contribution in [0.3, 0.4) is 0 Å². The summed E-state index contributed by atoms with van der Waals surface area (Å²) in [5, 5.41) is 23.0. The van der Waals surface area contributed by atoms with Crippen molar-refractivity contribution in [3.05, 3.63) is 48.1 Å². The van der Waals surface area contributed by atoms with E-state index < -0.39 is 17.2 Å². The van der Waals surface area contributed by atoms with E-state index in [9.17, 15) is 13.9 Å². The Balaban J connectivity index is 2.41. The number of nitrogens with zero attached hydrogens (tertiary/aromatic N) is 4. The highest BCUT2D eigenvalue weighted by Gasteiger charge is 2.33. The van der Waals surface area contributed by atoms with Crippen molar-refractivity contribution in [3.63, 3.8) is 0 Å². The Morgan fingerprint density at radius 1 is 1.42 bits per heavy atom. The number of halogens is 2. The fourth-order valence-electron chi connectivity index (χ4n) is 1.82. The SMILES string of the molecule is N#CCC(O)(Cn1cncn1)c1ccc(F)cc1F. The van der Waals surface area contributed by atoms with Gasteiger partial charge in [-0.3, -0.25) is 0 Å². The Hall–Kier alpha value is -2.33. The van der Waals surface area contributed by atoms with E-state index in [0.717, 1.165) is 12.1 Å². The Kier molecular flexibility index (Phi) is 3.53. The molecule has 0 aliphatic heterocycles. The molecule has 0 spiro atoms. The van der Waals surface area contributed by atoms with Crippen LogP contribution in [-0.4, -0.2) is 19.9 Å². The molecule has 0 amide bonds. The molecule has 1 aromatic heterocycles. The topological polar surface area (TPSA) is 74.7 Å². The first kappa shape index (κ1) is 13.1. The molecule has 0 aliphatic carbocycles. The molecule has 19 heavy (non-hydrogen) atoms. The van der Waals surface area contributed by atoms with Crippen molar-refractivity contribution in [2.75, 3.05) is 0 Å². The third-order valence-electron chi connectivity index (χ3n) is 2.69. The summed E-state index contributed by atoms with van der Waals surface area (Å²) in [5.74, 6) is -1.65. The summed E-state index contributed by atoms with van der Waals surface area (Å²) in [4.78, 5) is 3.70. The van der Waals surface area contributed by atoms with Crippen molar-refractivity contribution >= 4 is 0 Å². The lowest BCUT2D eigenvalue weighted by Crippen LogP contribution is -2.32. The van der Waals surface area contributed by atoms with Gasteiger partial charge in [-0.2, -0.15) is 10.4 Å². The smallest absolute Gasteiger partial charge is 0.137 e. The fourth-order valence-corrected chi connectivity index (χ4v) is 1.82. The lowest BCUT2D eigenvalue weighted by molar-refractivity contribution is 0.0160. The number of rotatable bonds is 4. The lowest BCUT2D eigenvalue weighted by Gasteiger charge is -2.26. The van der Waals surface area contributed by atoms with E-state index in [1.165, 1.54) is 17.3 Å². The van der Waals surface area contributed by atoms with Crippen LogP contribution >= 0.6 is 0 Å². The molecule has 2 aromatic rings. The second kappa shape index (κ2) is 5.12. The van der Waals surface area contributed by atoms with E-state index in [1.807, 2.05) is 0 Å². The van der Waals surface area contributed by atoms with E-state index in [-0.39, 0.29) is 18.5 Å². The van der Waals surface area contributed by atoms with Gasteiger partial charge in [-0.05, 0) is 6.07 Å². The van der Waals surface area contributed by atoms with E-state index >= 15 is 0 Å². The lowest BCUT2D eigenvalue weighted by atomic mass is 9.90. The standard InChI is InChI=1S/C12H10F2N4O/c13-9-1-2-10(11(14)5-9)12(19,3-4-15)6-18-8-16-7-17-18/h1-2,5,7-8,19H,3,6H2. The van der Waals surface area contributed by atoms with Gasteiger partial charge in [0.15, 0.2) is 0 Å². The summed E-state index contributed by atoms with van der Waals surface area (Å²) in [6.07, 6.45) is 2.24. The van der Waals surface area contributed by atoms with E-state index in [1.54, 1.807) is 6.07 Å². The molecule has 7 heteroatoms. The van der Waals surface area contributed by atoms with Crippen LogP contribution in [0.4, 0.5) is 8.78 Å². The minimum absolute atomic E-state index is 0.147. The predicted octanol–water partition coefficient (Wildman–Crippen LogP) is 1.36. The molecule has 1 unspecified atom stereocenters. The molecule has 1 N–H and O–H groups in total. The molecule has 98 valence electrons. The van der Waals surface area contributed by atoms with Crippen LogP contribution in [0.15, 0.2) is 30.9 Å². The zero-order chi connectivity index (χ0) is 13.9. The van der Waals surface area contributed by atoms with Crippen molar-refractivity contribution in [1.82, 2.24) is 14.8 Å². The van der Waals surface area contributed by atoms with Gasteiger partial charge in [0.05, 0.1) is 19.0 Å². The van der Waals surface area contributed by atoms with Crippen molar-refractivity contribution in [1.29, 1.82) is 5.26 Å². The first-order chi connectivity index (χ1) is 9.05. The maximum atomic E-state index is 13.7. The number of aliphatic hydroxyl groups is 1. The van der Waals surface area contributed by atoms with Gasteiger partial charge in [0.1, 0.15) is 29.9 Å². The van der Waals surface area contributed by atoms with Gasteiger partial charge in [-0.25, -0.2) is 18.4 Å². The number of nitriles is 1. The van der Waals surface area contributed by atoms with Crippen LogP contribution < -0.4 is 0 Å². The number of hydrogen-bond acceptors (Lipinski definition) is 4. The summed E-state index contributed by atoms with van der Waals surface area (Å²) in [6, 6.07) is 4.61. The Morgan fingerprint density at radius 2 is 2.21 bits per heavy atom. The largest absolute Gasteiger partial charge is 0.382 e. The zero-order valence-electron chi connectivity index (χ0n) is 9.79. The molecular weight excluding hydrogens is 254 g/mol. The quantitative estimate of drug-likeness (QED) is 0.904. The number of aromatic nitrogens is 3. The van der Waals surface area contributed by atoms with Crippen molar-refractivity contribution < 1.29 is 13.9 Å². The first-order valence-corrected chi connectivity index (χ1v) is 5.42. The molecule has 0 saturated heterocycles. The molecule has 0 aliphatic rings. The summed E-state index contributed by atoms with van der Waals surface area (Å²) >= 11 is 0.